The average Bonchev–Trinajstić information content (AvgIpc) is 2.78. The SMILES string of the molecule is Oc1ccc2c(c1)CCC2NCc1cccc(Cl)c1. The second-order valence-electron chi connectivity index (χ2n) is 4.99. The van der Waals surface area contributed by atoms with Crippen molar-refractivity contribution >= 4 is 11.6 Å². The maximum atomic E-state index is 9.49. The van der Waals surface area contributed by atoms with Crippen LogP contribution in [-0.2, 0) is 13.0 Å². The Morgan fingerprint density at radius 3 is 2.95 bits per heavy atom. The Morgan fingerprint density at radius 1 is 1.21 bits per heavy atom. The molecule has 1 atom stereocenters. The van der Waals surface area contributed by atoms with Gasteiger partial charge in [0.25, 0.3) is 0 Å². The molecule has 0 fully saturated rings. The summed E-state index contributed by atoms with van der Waals surface area (Å²) in [5.41, 5.74) is 3.75. The van der Waals surface area contributed by atoms with Gasteiger partial charge in [0, 0.05) is 17.6 Å². The van der Waals surface area contributed by atoms with Crippen LogP contribution in [0.2, 0.25) is 5.02 Å². The predicted molar refractivity (Wildman–Crippen MR) is 77.5 cm³/mol. The van der Waals surface area contributed by atoms with Gasteiger partial charge in [-0.05, 0) is 53.8 Å². The van der Waals surface area contributed by atoms with Gasteiger partial charge in [-0.15, -0.1) is 0 Å². The number of aromatic hydroxyl groups is 1. The molecule has 0 saturated carbocycles. The van der Waals surface area contributed by atoms with Crippen LogP contribution in [0.15, 0.2) is 42.5 Å². The van der Waals surface area contributed by atoms with E-state index >= 15 is 0 Å². The fourth-order valence-corrected chi connectivity index (χ4v) is 2.92. The Balaban J connectivity index is 1.70. The Labute approximate surface area is 118 Å². The summed E-state index contributed by atoms with van der Waals surface area (Å²) in [6.45, 7) is 0.811. The number of benzene rings is 2. The van der Waals surface area contributed by atoms with E-state index in [1.165, 1.54) is 16.7 Å². The van der Waals surface area contributed by atoms with Gasteiger partial charge >= 0.3 is 0 Å². The van der Waals surface area contributed by atoms with Gasteiger partial charge in [0.2, 0.25) is 0 Å². The van der Waals surface area contributed by atoms with Gasteiger partial charge in [0.15, 0.2) is 0 Å². The molecule has 0 radical (unpaired) electrons. The molecule has 1 unspecified atom stereocenters. The highest BCUT2D eigenvalue weighted by Gasteiger charge is 2.21. The van der Waals surface area contributed by atoms with Crippen LogP contribution in [-0.4, -0.2) is 5.11 Å². The van der Waals surface area contributed by atoms with Gasteiger partial charge in [-0.25, -0.2) is 0 Å². The molecule has 0 bridgehead atoms. The third-order valence-corrected chi connectivity index (χ3v) is 3.88. The van der Waals surface area contributed by atoms with Crippen LogP contribution < -0.4 is 5.32 Å². The lowest BCUT2D eigenvalue weighted by Gasteiger charge is -2.14. The zero-order chi connectivity index (χ0) is 13.2. The summed E-state index contributed by atoms with van der Waals surface area (Å²) in [7, 11) is 0. The molecule has 2 aromatic rings. The third kappa shape index (κ3) is 2.75. The average molecular weight is 274 g/mol. The van der Waals surface area contributed by atoms with E-state index in [1.54, 1.807) is 6.07 Å². The smallest absolute Gasteiger partial charge is 0.115 e. The summed E-state index contributed by atoms with van der Waals surface area (Å²) in [5.74, 6) is 0.356. The topological polar surface area (TPSA) is 32.3 Å². The second-order valence-corrected chi connectivity index (χ2v) is 5.42. The standard InChI is InChI=1S/C16H16ClNO/c17-13-3-1-2-11(8-13)10-18-16-7-4-12-9-14(19)5-6-15(12)16/h1-3,5-6,8-9,16,18-19H,4,7,10H2. The van der Waals surface area contributed by atoms with Gasteiger partial charge in [0.05, 0.1) is 0 Å². The molecule has 98 valence electrons. The minimum absolute atomic E-state index is 0.356. The van der Waals surface area contributed by atoms with E-state index in [4.69, 9.17) is 11.6 Å². The van der Waals surface area contributed by atoms with Crippen molar-refractivity contribution in [1.82, 2.24) is 5.32 Å². The van der Waals surface area contributed by atoms with Crippen molar-refractivity contribution in [3.05, 3.63) is 64.2 Å². The van der Waals surface area contributed by atoms with Crippen molar-refractivity contribution in [1.29, 1.82) is 0 Å². The number of halogens is 1. The van der Waals surface area contributed by atoms with Gasteiger partial charge in [0.1, 0.15) is 5.75 Å². The minimum Gasteiger partial charge on any atom is -0.508 e. The highest BCUT2D eigenvalue weighted by atomic mass is 35.5. The van der Waals surface area contributed by atoms with E-state index in [-0.39, 0.29) is 0 Å². The highest BCUT2D eigenvalue weighted by Crippen LogP contribution is 2.33. The molecule has 3 rings (SSSR count). The Morgan fingerprint density at radius 2 is 2.11 bits per heavy atom. The Hall–Kier alpha value is -1.51. The summed E-state index contributed by atoms with van der Waals surface area (Å²) < 4.78 is 0. The van der Waals surface area contributed by atoms with E-state index in [1.807, 2.05) is 30.3 Å². The molecule has 2 aromatic carbocycles. The van der Waals surface area contributed by atoms with E-state index in [0.717, 1.165) is 24.4 Å². The molecule has 0 aromatic heterocycles. The van der Waals surface area contributed by atoms with Crippen LogP contribution >= 0.6 is 11.6 Å². The fourth-order valence-electron chi connectivity index (χ4n) is 2.70. The van der Waals surface area contributed by atoms with Crippen molar-refractivity contribution in [3.8, 4) is 5.75 Å². The highest BCUT2D eigenvalue weighted by molar-refractivity contribution is 6.30. The molecular formula is C16H16ClNO. The fraction of sp³-hybridized carbons (Fsp3) is 0.250. The number of aryl methyl sites for hydroxylation is 1. The van der Waals surface area contributed by atoms with Crippen molar-refractivity contribution in [2.24, 2.45) is 0 Å². The van der Waals surface area contributed by atoms with Gasteiger partial charge < -0.3 is 10.4 Å². The van der Waals surface area contributed by atoms with Gasteiger partial charge in [-0.2, -0.15) is 0 Å². The molecule has 0 aliphatic heterocycles. The van der Waals surface area contributed by atoms with Crippen molar-refractivity contribution < 1.29 is 5.11 Å². The molecule has 0 amide bonds. The predicted octanol–water partition coefficient (Wildman–Crippen LogP) is 3.82. The molecule has 3 heteroatoms. The van der Waals surface area contributed by atoms with Crippen LogP contribution in [0.1, 0.15) is 29.2 Å². The first-order chi connectivity index (χ1) is 9.22. The first-order valence-electron chi connectivity index (χ1n) is 6.52. The summed E-state index contributed by atoms with van der Waals surface area (Å²) in [4.78, 5) is 0. The summed E-state index contributed by atoms with van der Waals surface area (Å²) in [5, 5.41) is 13.8. The van der Waals surface area contributed by atoms with Gasteiger partial charge in [-0.1, -0.05) is 29.8 Å². The minimum atomic E-state index is 0.356. The summed E-state index contributed by atoms with van der Waals surface area (Å²) >= 11 is 5.98. The molecule has 1 aliphatic rings. The van der Waals surface area contributed by atoms with E-state index in [2.05, 4.69) is 11.4 Å². The van der Waals surface area contributed by atoms with Gasteiger partial charge in [-0.3, -0.25) is 0 Å². The molecule has 1 aliphatic carbocycles. The lowest BCUT2D eigenvalue weighted by Crippen LogP contribution is -2.18. The molecule has 19 heavy (non-hydrogen) atoms. The molecule has 0 heterocycles. The van der Waals surface area contributed by atoms with Crippen LogP contribution in [0.5, 0.6) is 5.75 Å². The first kappa shape index (κ1) is 12.5. The van der Waals surface area contributed by atoms with Crippen molar-refractivity contribution in [2.45, 2.75) is 25.4 Å². The number of nitrogens with one attached hydrogen (secondary N) is 1. The number of phenolic OH excluding ortho intramolecular Hbond substituents is 1. The lowest BCUT2D eigenvalue weighted by atomic mass is 10.1. The monoisotopic (exact) mass is 273 g/mol. The number of phenols is 1. The van der Waals surface area contributed by atoms with Crippen LogP contribution in [0.3, 0.4) is 0 Å². The summed E-state index contributed by atoms with van der Waals surface area (Å²) in [6.07, 6.45) is 2.11. The van der Waals surface area contributed by atoms with Crippen LogP contribution in [0, 0.1) is 0 Å². The maximum Gasteiger partial charge on any atom is 0.115 e. The molecule has 0 saturated heterocycles. The quantitative estimate of drug-likeness (QED) is 0.891. The Bertz CT molecular complexity index is 597. The zero-order valence-electron chi connectivity index (χ0n) is 10.6. The van der Waals surface area contributed by atoms with E-state index in [0.29, 0.717) is 11.8 Å². The number of hydrogen-bond acceptors (Lipinski definition) is 2. The van der Waals surface area contributed by atoms with Crippen LogP contribution in [0.4, 0.5) is 0 Å². The number of rotatable bonds is 3. The largest absolute Gasteiger partial charge is 0.508 e. The van der Waals surface area contributed by atoms with Crippen LogP contribution in [0.25, 0.3) is 0 Å². The maximum absolute atomic E-state index is 9.49. The number of hydrogen-bond donors (Lipinski definition) is 2. The van der Waals surface area contributed by atoms with Crippen molar-refractivity contribution in [3.63, 3.8) is 0 Å². The summed E-state index contributed by atoms with van der Waals surface area (Å²) in [6, 6.07) is 13.9. The third-order valence-electron chi connectivity index (χ3n) is 3.65. The van der Waals surface area contributed by atoms with E-state index in [9.17, 15) is 5.11 Å². The van der Waals surface area contributed by atoms with E-state index < -0.39 is 0 Å². The first-order valence-corrected chi connectivity index (χ1v) is 6.90. The molecule has 2 nitrogen and oxygen atoms in total. The van der Waals surface area contributed by atoms with Crippen molar-refractivity contribution in [2.75, 3.05) is 0 Å². The molecule has 0 spiro atoms. The molecular weight excluding hydrogens is 258 g/mol. The Kier molecular flexibility index (Phi) is 3.45. The number of fused-ring (bicyclic) bond motifs is 1. The zero-order valence-corrected chi connectivity index (χ0v) is 11.3. The second kappa shape index (κ2) is 5.24. The normalized spacial score (nSPS) is 17.4. The lowest BCUT2D eigenvalue weighted by molar-refractivity contribution is 0.474. The molecule has 2 N–H and O–H groups in total.